The Hall–Kier alpha value is -1.12. The first-order chi connectivity index (χ1) is 8.99. The number of hydrogen-bond acceptors (Lipinski definition) is 6. The molecule has 1 rings (SSSR count). The van der Waals surface area contributed by atoms with Gasteiger partial charge in [-0.15, -0.1) is 0 Å². The molecule has 1 aromatic carbocycles. The Kier molecular flexibility index (Phi) is 7.19. The topological polar surface area (TPSA) is 110 Å². The van der Waals surface area contributed by atoms with Gasteiger partial charge in [0.15, 0.2) is 0 Å². The van der Waals surface area contributed by atoms with Crippen LogP contribution in [0, 0.1) is 0 Å². The van der Waals surface area contributed by atoms with Crippen LogP contribution in [0.4, 0.5) is 0 Å². The van der Waals surface area contributed by atoms with Gasteiger partial charge < -0.3 is 30.0 Å². The summed E-state index contributed by atoms with van der Waals surface area (Å²) < 4.78 is 5.73. The van der Waals surface area contributed by atoms with Crippen molar-refractivity contribution in [1.29, 1.82) is 0 Å². The number of benzene rings is 1. The summed E-state index contributed by atoms with van der Waals surface area (Å²) in [6, 6.07) is 7.18. The van der Waals surface area contributed by atoms with E-state index in [0.717, 1.165) is 5.56 Å². The third-order valence-electron chi connectivity index (χ3n) is 2.95. The van der Waals surface area contributed by atoms with Crippen LogP contribution in [0.5, 0.6) is 5.75 Å². The maximum Gasteiger partial charge on any atom is 0.631 e. The van der Waals surface area contributed by atoms with Crippen molar-refractivity contribution >= 4 is 7.32 Å². The lowest BCUT2D eigenvalue weighted by Gasteiger charge is -2.37. The van der Waals surface area contributed by atoms with E-state index in [1.807, 2.05) is 13.8 Å². The van der Waals surface area contributed by atoms with Gasteiger partial charge >= 0.3 is 7.32 Å². The Morgan fingerprint density at radius 2 is 1.40 bits per heavy atom. The van der Waals surface area contributed by atoms with Gasteiger partial charge in [-0.05, 0) is 45.4 Å². The maximum absolute atomic E-state index is 9.94. The fraction of sp³-hybridized carbons (Fsp3) is 0.538. The molecule has 0 aliphatic heterocycles. The van der Waals surface area contributed by atoms with Crippen LogP contribution in [0.25, 0.3) is 0 Å². The van der Waals surface area contributed by atoms with Crippen LogP contribution < -0.4 is 4.74 Å². The fourth-order valence-corrected chi connectivity index (χ4v) is 1.08. The van der Waals surface area contributed by atoms with Gasteiger partial charge in [-0.3, -0.25) is 0 Å². The monoisotopic (exact) mass is 286 g/mol. The molecule has 20 heavy (non-hydrogen) atoms. The third kappa shape index (κ3) is 6.88. The molecule has 0 saturated carbocycles. The molecule has 114 valence electrons. The minimum atomic E-state index is -2.17. The first-order valence-electron chi connectivity index (χ1n) is 6.15. The Balaban J connectivity index is 0.000000796. The summed E-state index contributed by atoms with van der Waals surface area (Å²) in [4.78, 5) is 0. The van der Waals surface area contributed by atoms with Gasteiger partial charge in [0.1, 0.15) is 11.4 Å². The number of aliphatic hydroxyl groups is 2. The van der Waals surface area contributed by atoms with Crippen LogP contribution in [-0.4, -0.2) is 43.8 Å². The van der Waals surface area contributed by atoms with Crippen LogP contribution in [0.3, 0.4) is 0 Å². The molecule has 0 spiro atoms. The molecule has 0 bridgehead atoms. The van der Waals surface area contributed by atoms with Gasteiger partial charge in [-0.25, -0.2) is 0 Å². The zero-order chi connectivity index (χ0) is 16.0. The van der Waals surface area contributed by atoms with Crippen LogP contribution in [0.15, 0.2) is 24.3 Å². The summed E-state index contributed by atoms with van der Waals surface area (Å²) in [5, 5.41) is 40.4. The van der Waals surface area contributed by atoms with E-state index in [9.17, 15) is 5.11 Å². The molecular formula is C13H23BO6. The average molecular weight is 286 g/mol. The SMILES string of the molecule is CC(C)(O)C(C)(C)Oc1ccc(CO)cc1.OB(O)O. The summed E-state index contributed by atoms with van der Waals surface area (Å²) >= 11 is 0. The van der Waals surface area contributed by atoms with Crippen molar-refractivity contribution in [2.75, 3.05) is 0 Å². The molecule has 0 fully saturated rings. The lowest BCUT2D eigenvalue weighted by atomic mass is 9.89. The van der Waals surface area contributed by atoms with Gasteiger partial charge in [0.25, 0.3) is 0 Å². The highest BCUT2D eigenvalue weighted by molar-refractivity contribution is 6.30. The van der Waals surface area contributed by atoms with Gasteiger partial charge in [-0.1, -0.05) is 12.1 Å². The summed E-state index contributed by atoms with van der Waals surface area (Å²) in [6.45, 7) is 7.14. The quantitative estimate of drug-likeness (QED) is 0.500. The number of aliphatic hydroxyl groups excluding tert-OH is 1. The van der Waals surface area contributed by atoms with E-state index in [1.165, 1.54) is 0 Å². The zero-order valence-corrected chi connectivity index (χ0v) is 12.2. The van der Waals surface area contributed by atoms with E-state index < -0.39 is 18.5 Å². The highest BCUT2D eigenvalue weighted by Gasteiger charge is 2.37. The van der Waals surface area contributed by atoms with E-state index >= 15 is 0 Å². The van der Waals surface area contributed by atoms with Gasteiger partial charge in [-0.2, -0.15) is 0 Å². The van der Waals surface area contributed by atoms with Gasteiger partial charge in [0, 0.05) is 0 Å². The largest absolute Gasteiger partial charge is 0.631 e. The molecule has 7 heteroatoms. The Morgan fingerprint density at radius 1 is 1.00 bits per heavy atom. The first-order valence-corrected chi connectivity index (χ1v) is 6.15. The second kappa shape index (κ2) is 7.61. The molecule has 0 atom stereocenters. The second-order valence-electron chi connectivity index (χ2n) is 5.32. The van der Waals surface area contributed by atoms with Gasteiger partial charge in [0.2, 0.25) is 0 Å². The standard InChI is InChI=1S/C13H20O3.BH3O3/c1-12(2,15)13(3,4)16-11-7-5-10(9-14)6-8-11;2-1(3)4/h5-8,14-15H,9H2,1-4H3;2-4H. The molecule has 0 heterocycles. The minimum absolute atomic E-state index is 0.0230. The Morgan fingerprint density at radius 3 is 1.70 bits per heavy atom. The van der Waals surface area contributed by atoms with Crippen molar-refractivity contribution in [3.63, 3.8) is 0 Å². The Labute approximate surface area is 119 Å². The summed E-state index contributed by atoms with van der Waals surface area (Å²) in [5.41, 5.74) is -0.760. The molecule has 0 aliphatic rings. The molecule has 0 amide bonds. The molecule has 5 N–H and O–H groups in total. The predicted octanol–water partition coefficient (Wildman–Crippen LogP) is 0.0554. The van der Waals surface area contributed by atoms with E-state index in [1.54, 1.807) is 38.1 Å². The minimum Gasteiger partial charge on any atom is -0.485 e. The average Bonchev–Trinajstić information content (AvgIpc) is 2.27. The molecule has 0 aliphatic carbocycles. The fourth-order valence-electron chi connectivity index (χ4n) is 1.08. The first kappa shape index (κ1) is 18.9. The van der Waals surface area contributed by atoms with E-state index in [4.69, 9.17) is 24.9 Å². The van der Waals surface area contributed by atoms with Crippen LogP contribution in [0.1, 0.15) is 33.3 Å². The third-order valence-corrected chi connectivity index (χ3v) is 2.95. The number of ether oxygens (including phenoxy) is 1. The predicted molar refractivity (Wildman–Crippen MR) is 75.8 cm³/mol. The molecule has 0 aromatic heterocycles. The molecule has 0 saturated heterocycles. The van der Waals surface area contributed by atoms with E-state index in [0.29, 0.717) is 5.75 Å². The van der Waals surface area contributed by atoms with Crippen molar-refractivity contribution in [1.82, 2.24) is 0 Å². The van der Waals surface area contributed by atoms with Crippen LogP contribution in [-0.2, 0) is 6.61 Å². The highest BCUT2D eigenvalue weighted by Crippen LogP contribution is 2.27. The summed E-state index contributed by atoms with van der Waals surface area (Å²) in [6.07, 6.45) is 0. The lowest BCUT2D eigenvalue weighted by Crippen LogP contribution is -2.49. The maximum atomic E-state index is 9.94. The van der Waals surface area contributed by atoms with Gasteiger partial charge in [0.05, 0.1) is 12.2 Å². The summed E-state index contributed by atoms with van der Waals surface area (Å²) in [5.74, 6) is 0.685. The highest BCUT2D eigenvalue weighted by atomic mass is 16.5. The zero-order valence-electron chi connectivity index (χ0n) is 12.2. The molecule has 6 nitrogen and oxygen atoms in total. The van der Waals surface area contributed by atoms with Crippen molar-refractivity contribution in [3.8, 4) is 5.75 Å². The smallest absolute Gasteiger partial charge is 0.485 e. The number of hydrogen-bond donors (Lipinski definition) is 5. The van der Waals surface area contributed by atoms with E-state index in [-0.39, 0.29) is 6.61 Å². The Bertz CT molecular complexity index is 380. The normalized spacial score (nSPS) is 11.4. The second-order valence-corrected chi connectivity index (χ2v) is 5.32. The van der Waals surface area contributed by atoms with Crippen molar-refractivity contribution in [3.05, 3.63) is 29.8 Å². The summed E-state index contributed by atoms with van der Waals surface area (Å²) in [7, 11) is -2.17. The van der Waals surface area contributed by atoms with E-state index in [2.05, 4.69) is 0 Å². The van der Waals surface area contributed by atoms with Crippen LogP contribution >= 0.6 is 0 Å². The number of rotatable bonds is 4. The van der Waals surface area contributed by atoms with Crippen molar-refractivity contribution in [2.24, 2.45) is 0 Å². The van der Waals surface area contributed by atoms with Crippen molar-refractivity contribution in [2.45, 2.75) is 45.5 Å². The van der Waals surface area contributed by atoms with Crippen molar-refractivity contribution < 1.29 is 30.0 Å². The molecule has 0 radical (unpaired) electrons. The lowest BCUT2D eigenvalue weighted by molar-refractivity contribution is -0.0906. The molecular weight excluding hydrogens is 263 g/mol. The van der Waals surface area contributed by atoms with Crippen LogP contribution in [0.2, 0.25) is 0 Å². The molecule has 1 aromatic rings. The molecule has 0 unspecified atom stereocenters.